The van der Waals surface area contributed by atoms with Crippen LogP contribution in [0.2, 0.25) is 0 Å². The van der Waals surface area contributed by atoms with Gasteiger partial charge in [-0.05, 0) is 24.3 Å². The third-order valence-corrected chi connectivity index (χ3v) is 4.02. The summed E-state index contributed by atoms with van der Waals surface area (Å²) in [7, 11) is 1.43. The van der Waals surface area contributed by atoms with Crippen molar-refractivity contribution in [2.75, 3.05) is 13.7 Å². The number of furan rings is 1. The maximum Gasteiger partial charge on any atom is 0.260 e. The molecule has 25 heavy (non-hydrogen) atoms. The van der Waals surface area contributed by atoms with Crippen molar-refractivity contribution in [1.82, 2.24) is 9.55 Å². The van der Waals surface area contributed by atoms with Crippen LogP contribution < -0.4 is 10.3 Å². The molecular formula is C18H17N3O4. The number of hydrogen-bond donors (Lipinski definition) is 1. The Bertz CT molecular complexity index is 970. The van der Waals surface area contributed by atoms with Crippen LogP contribution in [0.15, 0.2) is 45.9 Å². The largest absolute Gasteiger partial charge is 0.480 e. The summed E-state index contributed by atoms with van der Waals surface area (Å²) >= 11 is 0. The van der Waals surface area contributed by atoms with E-state index in [1.807, 2.05) is 12.1 Å². The predicted octanol–water partition coefficient (Wildman–Crippen LogP) is 1.72. The molecule has 7 heteroatoms. The molecule has 3 rings (SSSR count). The van der Waals surface area contributed by atoms with Gasteiger partial charge in [0.25, 0.3) is 5.56 Å². The van der Waals surface area contributed by atoms with Crippen LogP contribution in [0.4, 0.5) is 0 Å². The molecule has 1 N–H and O–H groups in total. The Morgan fingerprint density at radius 3 is 2.96 bits per heavy atom. The van der Waals surface area contributed by atoms with Gasteiger partial charge in [-0.2, -0.15) is 5.26 Å². The van der Waals surface area contributed by atoms with E-state index in [2.05, 4.69) is 4.98 Å². The van der Waals surface area contributed by atoms with Gasteiger partial charge in [0, 0.05) is 31.7 Å². The van der Waals surface area contributed by atoms with Crippen LogP contribution in [0.25, 0.3) is 10.9 Å². The molecule has 3 aromatic heterocycles. The van der Waals surface area contributed by atoms with Gasteiger partial charge in [-0.15, -0.1) is 0 Å². The van der Waals surface area contributed by atoms with Crippen LogP contribution in [0.5, 0.6) is 5.88 Å². The maximum atomic E-state index is 12.7. The number of rotatable bonds is 6. The van der Waals surface area contributed by atoms with Crippen molar-refractivity contribution >= 4 is 10.9 Å². The first-order valence-corrected chi connectivity index (χ1v) is 7.77. The molecule has 3 heterocycles. The summed E-state index contributed by atoms with van der Waals surface area (Å²) in [5.41, 5.74) is 0.407. The maximum absolute atomic E-state index is 12.7. The molecule has 0 bridgehead atoms. The first-order chi connectivity index (χ1) is 12.2. The fraction of sp³-hybridized carbons (Fsp3) is 0.278. The lowest BCUT2D eigenvalue weighted by Crippen LogP contribution is -2.26. The third-order valence-electron chi connectivity index (χ3n) is 4.02. The summed E-state index contributed by atoms with van der Waals surface area (Å²) in [6.45, 7) is 0.259. The average molecular weight is 339 g/mol. The number of aromatic nitrogens is 2. The minimum atomic E-state index is -0.262. The number of nitriles is 1. The number of fused-ring (bicyclic) bond motifs is 1. The molecule has 0 radical (unpaired) electrons. The summed E-state index contributed by atoms with van der Waals surface area (Å²) in [5, 5.41) is 19.1. The standard InChI is InChI=1S/C18H17N3O4/c1-24-17-13(9-19)8-15-16(20-17)4-5-21(18(15)23)10-12(11-22)7-14-3-2-6-25-14/h2-6,8,12,22H,7,10-11H2,1H3/t12-/m1/s1. The molecule has 0 aliphatic rings. The quantitative estimate of drug-likeness (QED) is 0.734. The minimum absolute atomic E-state index is 0.0739. The fourth-order valence-electron chi connectivity index (χ4n) is 2.75. The third kappa shape index (κ3) is 3.39. The summed E-state index contributed by atoms with van der Waals surface area (Å²) in [4.78, 5) is 16.9. The highest BCUT2D eigenvalue weighted by molar-refractivity contribution is 5.79. The Balaban J connectivity index is 1.95. The van der Waals surface area contributed by atoms with Crippen LogP contribution in [-0.4, -0.2) is 28.4 Å². The van der Waals surface area contributed by atoms with Crippen molar-refractivity contribution in [3.05, 3.63) is 58.4 Å². The van der Waals surface area contributed by atoms with Gasteiger partial charge >= 0.3 is 0 Å². The minimum Gasteiger partial charge on any atom is -0.480 e. The summed E-state index contributed by atoms with van der Waals surface area (Å²) in [5.74, 6) is 0.784. The first-order valence-electron chi connectivity index (χ1n) is 7.77. The van der Waals surface area contributed by atoms with Gasteiger partial charge in [0.2, 0.25) is 5.88 Å². The molecule has 0 aliphatic carbocycles. The van der Waals surface area contributed by atoms with Gasteiger partial charge in [0.15, 0.2) is 0 Å². The van der Waals surface area contributed by atoms with Gasteiger partial charge in [0.05, 0.1) is 24.3 Å². The van der Waals surface area contributed by atoms with Crippen LogP contribution in [0, 0.1) is 17.2 Å². The van der Waals surface area contributed by atoms with E-state index in [4.69, 9.17) is 9.15 Å². The smallest absolute Gasteiger partial charge is 0.260 e. The Kier molecular flexibility index (Phi) is 4.82. The van der Waals surface area contributed by atoms with Crippen molar-refractivity contribution in [2.24, 2.45) is 5.92 Å². The van der Waals surface area contributed by atoms with Crippen molar-refractivity contribution in [1.29, 1.82) is 5.26 Å². The highest BCUT2D eigenvalue weighted by Crippen LogP contribution is 2.19. The molecule has 0 unspecified atom stereocenters. The van der Waals surface area contributed by atoms with E-state index >= 15 is 0 Å². The number of aliphatic hydroxyl groups is 1. The van der Waals surface area contributed by atoms with Crippen LogP contribution in [0.1, 0.15) is 11.3 Å². The van der Waals surface area contributed by atoms with E-state index in [1.165, 1.54) is 17.7 Å². The van der Waals surface area contributed by atoms with Crippen molar-refractivity contribution in [2.45, 2.75) is 13.0 Å². The van der Waals surface area contributed by atoms with Crippen molar-refractivity contribution < 1.29 is 14.3 Å². The topological polar surface area (TPSA) is 101 Å². The zero-order valence-electron chi connectivity index (χ0n) is 13.7. The Labute approximate surface area is 143 Å². The van der Waals surface area contributed by atoms with Crippen LogP contribution >= 0.6 is 0 Å². The number of nitrogens with zero attached hydrogens (tertiary/aromatic N) is 3. The van der Waals surface area contributed by atoms with Crippen LogP contribution in [0.3, 0.4) is 0 Å². The molecule has 0 amide bonds. The molecule has 0 spiro atoms. The SMILES string of the molecule is COc1nc2ccn(C[C@H](CO)Cc3ccco3)c(=O)c2cc1C#N. The van der Waals surface area contributed by atoms with Gasteiger partial charge in [-0.25, -0.2) is 4.98 Å². The monoisotopic (exact) mass is 339 g/mol. The Morgan fingerprint density at radius 1 is 1.48 bits per heavy atom. The molecule has 3 aromatic rings. The van der Waals surface area contributed by atoms with E-state index < -0.39 is 0 Å². The number of hydrogen-bond acceptors (Lipinski definition) is 6. The Hall–Kier alpha value is -3.11. The first kappa shape index (κ1) is 16.7. The fourth-order valence-corrected chi connectivity index (χ4v) is 2.75. The summed E-state index contributed by atoms with van der Waals surface area (Å²) in [6, 6.07) is 8.78. The van der Waals surface area contributed by atoms with E-state index in [0.29, 0.717) is 23.9 Å². The zero-order chi connectivity index (χ0) is 17.8. The van der Waals surface area contributed by atoms with Crippen molar-refractivity contribution in [3.63, 3.8) is 0 Å². The van der Waals surface area contributed by atoms with E-state index in [-0.39, 0.29) is 29.5 Å². The second kappa shape index (κ2) is 7.20. The summed E-state index contributed by atoms with van der Waals surface area (Å²) in [6.07, 6.45) is 3.74. The highest BCUT2D eigenvalue weighted by Gasteiger charge is 2.15. The molecular weight excluding hydrogens is 322 g/mol. The molecule has 128 valence electrons. The van der Waals surface area contributed by atoms with Gasteiger partial charge < -0.3 is 18.8 Å². The molecule has 7 nitrogen and oxygen atoms in total. The number of methoxy groups -OCH3 is 1. The molecule has 0 aliphatic heterocycles. The number of ether oxygens (including phenoxy) is 1. The Morgan fingerprint density at radius 2 is 2.32 bits per heavy atom. The molecule has 0 saturated carbocycles. The second-order valence-corrected chi connectivity index (χ2v) is 5.70. The van der Waals surface area contributed by atoms with E-state index in [9.17, 15) is 15.2 Å². The molecule has 0 aromatic carbocycles. The van der Waals surface area contributed by atoms with Gasteiger partial charge in [0.1, 0.15) is 17.4 Å². The summed E-state index contributed by atoms with van der Waals surface area (Å²) < 4.78 is 11.9. The lowest BCUT2D eigenvalue weighted by atomic mass is 10.0. The molecule has 0 saturated heterocycles. The zero-order valence-corrected chi connectivity index (χ0v) is 13.7. The number of aliphatic hydroxyl groups excluding tert-OH is 1. The van der Waals surface area contributed by atoms with Gasteiger partial charge in [-0.1, -0.05) is 0 Å². The average Bonchev–Trinajstić information content (AvgIpc) is 3.15. The lowest BCUT2D eigenvalue weighted by molar-refractivity contribution is 0.203. The van der Waals surface area contributed by atoms with Crippen molar-refractivity contribution in [3.8, 4) is 11.9 Å². The van der Waals surface area contributed by atoms with E-state index in [0.717, 1.165) is 5.76 Å². The molecule has 0 fully saturated rings. The lowest BCUT2D eigenvalue weighted by Gasteiger charge is -2.15. The predicted molar refractivity (Wildman–Crippen MR) is 90.3 cm³/mol. The van der Waals surface area contributed by atoms with Gasteiger partial charge in [-0.3, -0.25) is 4.79 Å². The van der Waals surface area contributed by atoms with E-state index in [1.54, 1.807) is 24.6 Å². The molecule has 1 atom stereocenters. The number of pyridine rings is 2. The second-order valence-electron chi connectivity index (χ2n) is 5.70. The normalized spacial score (nSPS) is 12.0. The highest BCUT2D eigenvalue weighted by atomic mass is 16.5. The van der Waals surface area contributed by atoms with Crippen LogP contribution in [-0.2, 0) is 13.0 Å².